The van der Waals surface area contributed by atoms with Gasteiger partial charge < -0.3 is 120 Å². The number of hydrogen-bond acceptors (Lipinski definition) is 24. The third kappa shape index (κ3) is 9.80. The molecule has 25 nitrogen and oxygen atoms in total. The molecule has 0 amide bonds. The van der Waals surface area contributed by atoms with Crippen LogP contribution >= 0.6 is 0 Å². The molecule has 0 radical (unpaired) electrons. The topological polar surface area (TPSA) is 415 Å². The lowest BCUT2D eigenvalue weighted by Gasteiger charge is -2.72. The molecule has 0 aromatic heterocycles. The minimum atomic E-state index is -2.13. The maximum atomic E-state index is 12.6. The molecule has 8 fully saturated rings. The van der Waals surface area contributed by atoms with Crippen molar-refractivity contribution >= 4 is 5.97 Å². The first-order valence-electron chi connectivity index (χ1n) is 28.1. The smallest absolute Gasteiger partial charge is 0.335 e. The molecule has 4 saturated heterocycles. The van der Waals surface area contributed by atoms with Crippen molar-refractivity contribution in [3.63, 3.8) is 0 Å². The van der Waals surface area contributed by atoms with Crippen molar-refractivity contribution in [2.24, 2.45) is 50.2 Å². The second kappa shape index (κ2) is 22.3. The Bertz CT molecular complexity index is 2190. The van der Waals surface area contributed by atoms with E-state index in [-0.39, 0.29) is 36.2 Å². The Balaban J connectivity index is 0.970. The molecule has 79 heavy (non-hydrogen) atoms. The Kier molecular flexibility index (Phi) is 17.4. The molecular weight excluding hydrogens is 1050 g/mol. The van der Waals surface area contributed by atoms with Crippen molar-refractivity contribution < 1.29 is 124 Å². The number of aliphatic carboxylic acids is 1. The lowest BCUT2D eigenvalue weighted by molar-refractivity contribution is -0.396. The predicted molar refractivity (Wildman–Crippen MR) is 266 cm³/mol. The number of aliphatic hydroxyl groups is 15. The van der Waals surface area contributed by atoms with E-state index in [0.29, 0.717) is 44.9 Å². The highest BCUT2D eigenvalue weighted by atomic mass is 16.8. The number of ether oxygens (including phenoxy) is 8. The van der Waals surface area contributed by atoms with Crippen molar-refractivity contribution in [3.8, 4) is 0 Å². The first kappa shape index (κ1) is 61.8. The molecule has 9 aliphatic rings. The van der Waals surface area contributed by atoms with Gasteiger partial charge in [-0.1, -0.05) is 53.2 Å². The average Bonchev–Trinajstić information content (AvgIpc) is 3.45. The molecule has 32 unspecified atom stereocenters. The maximum Gasteiger partial charge on any atom is 0.335 e. The molecule has 5 aliphatic carbocycles. The van der Waals surface area contributed by atoms with Crippen LogP contribution < -0.4 is 0 Å². The minimum Gasteiger partial charge on any atom is -0.479 e. The molecule has 0 aromatic rings. The van der Waals surface area contributed by atoms with Crippen molar-refractivity contribution in [1.82, 2.24) is 0 Å². The molecule has 16 N–H and O–H groups in total. The molecule has 454 valence electrons. The van der Waals surface area contributed by atoms with Gasteiger partial charge in [0.15, 0.2) is 31.3 Å². The van der Waals surface area contributed by atoms with Gasteiger partial charge in [-0.25, -0.2) is 4.79 Å². The summed E-state index contributed by atoms with van der Waals surface area (Å²) in [5.41, 5.74) is -2.89. The van der Waals surface area contributed by atoms with Gasteiger partial charge in [-0.2, -0.15) is 0 Å². The van der Waals surface area contributed by atoms with Crippen LogP contribution in [0.2, 0.25) is 0 Å². The third-order valence-electron chi connectivity index (χ3n) is 22.0. The molecule has 4 saturated carbocycles. The summed E-state index contributed by atoms with van der Waals surface area (Å²) in [6.45, 7) is 11.8. The lowest BCUT2D eigenvalue weighted by Crippen LogP contribution is -2.69. The van der Waals surface area contributed by atoms with Crippen LogP contribution in [0.15, 0.2) is 11.6 Å². The summed E-state index contributed by atoms with van der Waals surface area (Å²) in [6.07, 6.45) is -31.2. The van der Waals surface area contributed by atoms with E-state index in [1.54, 1.807) is 6.92 Å². The summed E-state index contributed by atoms with van der Waals surface area (Å²) in [5, 5.41) is 174. The largest absolute Gasteiger partial charge is 0.479 e. The molecule has 32 atom stereocenters. The Hall–Kier alpha value is -1.71. The van der Waals surface area contributed by atoms with E-state index in [1.165, 1.54) is 12.5 Å². The molecule has 0 aromatic carbocycles. The lowest BCUT2D eigenvalue weighted by atomic mass is 9.33. The van der Waals surface area contributed by atoms with E-state index in [1.807, 2.05) is 13.8 Å². The molecule has 4 heterocycles. The summed E-state index contributed by atoms with van der Waals surface area (Å²) < 4.78 is 47.9. The van der Waals surface area contributed by atoms with Crippen LogP contribution in [0.5, 0.6) is 0 Å². The molecule has 0 spiro atoms. The summed E-state index contributed by atoms with van der Waals surface area (Å²) in [6, 6.07) is 0. The average molecular weight is 1140 g/mol. The quantitative estimate of drug-likeness (QED) is 0.0628. The first-order valence-corrected chi connectivity index (χ1v) is 28.1. The molecule has 4 aliphatic heterocycles. The number of carboxylic acids is 1. The van der Waals surface area contributed by atoms with Crippen LogP contribution in [-0.4, -0.2) is 255 Å². The fraction of sp³-hybridized carbons (Fsp3) is 0.944. The van der Waals surface area contributed by atoms with Crippen molar-refractivity contribution in [2.45, 2.75) is 241 Å². The van der Waals surface area contributed by atoms with E-state index in [0.717, 1.165) is 0 Å². The number of carboxylic acid groups (broad SMARTS) is 1. The Morgan fingerprint density at radius 3 is 1.77 bits per heavy atom. The van der Waals surface area contributed by atoms with Gasteiger partial charge in [0, 0.05) is 16.2 Å². The van der Waals surface area contributed by atoms with Crippen LogP contribution in [0.4, 0.5) is 0 Å². The number of hydrogen-bond donors (Lipinski definition) is 16. The van der Waals surface area contributed by atoms with E-state index >= 15 is 0 Å². The molecule has 9 rings (SSSR count). The van der Waals surface area contributed by atoms with Gasteiger partial charge in [-0.15, -0.1) is 0 Å². The third-order valence-corrected chi connectivity index (χ3v) is 22.0. The monoisotopic (exact) mass is 1140 g/mol. The van der Waals surface area contributed by atoms with Gasteiger partial charge in [0.05, 0.1) is 50.8 Å². The van der Waals surface area contributed by atoms with Crippen molar-refractivity contribution in [2.75, 3.05) is 26.4 Å². The summed E-state index contributed by atoms with van der Waals surface area (Å²) in [5.74, 6) is -2.06. The maximum absolute atomic E-state index is 12.6. The number of fused-ring (bicyclic) bond motifs is 7. The fourth-order valence-electron chi connectivity index (χ4n) is 16.6. The Morgan fingerprint density at radius 2 is 1.15 bits per heavy atom. The number of rotatable bonds is 13. The van der Waals surface area contributed by atoms with E-state index in [4.69, 9.17) is 37.9 Å². The minimum absolute atomic E-state index is 0.0414. The van der Waals surface area contributed by atoms with Gasteiger partial charge in [0.25, 0.3) is 0 Å². The predicted octanol–water partition coefficient (Wildman–Crippen LogP) is -3.53. The number of carbonyl (C=O) groups is 1. The van der Waals surface area contributed by atoms with E-state index < -0.39 is 194 Å². The molecule has 0 bridgehead atoms. The van der Waals surface area contributed by atoms with Gasteiger partial charge in [0.2, 0.25) is 0 Å². The van der Waals surface area contributed by atoms with E-state index in [9.17, 15) is 86.5 Å². The molecule has 25 heteroatoms. The van der Waals surface area contributed by atoms with Crippen molar-refractivity contribution in [1.29, 1.82) is 0 Å². The highest BCUT2D eigenvalue weighted by Gasteiger charge is 2.71. The molecular formula is C54H88O25. The zero-order valence-corrected chi connectivity index (χ0v) is 45.9. The zero-order valence-electron chi connectivity index (χ0n) is 45.9. The van der Waals surface area contributed by atoms with Gasteiger partial charge in [0.1, 0.15) is 85.5 Å². The highest BCUT2D eigenvalue weighted by Crippen LogP contribution is 2.76. The second-order valence-electron chi connectivity index (χ2n) is 26.3. The summed E-state index contributed by atoms with van der Waals surface area (Å²) in [7, 11) is 0. The normalized spacial score (nSPS) is 56.8. The van der Waals surface area contributed by atoms with Gasteiger partial charge in [-0.3, -0.25) is 0 Å². The standard InChI is InChI=1S/C54H88O25/c1-21-29(58)32(61)38(67)46(73-21)78-40-34(63)31(60)25(18-56)75-47(40)79-41-36(65)35(64)39(44(70)71)77-48(41)76-28-11-12-51(4)26(52(28,5)19-57)10-13-54(7)27(51)9-8-22-23-16-49(2,42(68)43(69)50(23,3)14-15-53(22,54)6)20-72-45-37(66)33(62)30(59)24(17-55)74-45/h8,21,23-43,45-48,55-69H,9-20H2,1-7H3,(H,70,71). The van der Waals surface area contributed by atoms with Crippen molar-refractivity contribution in [3.05, 3.63) is 11.6 Å². The first-order chi connectivity index (χ1) is 36.9. The SMILES string of the molecule is CC1OC(OC2C(OC3C(OC4CCC5(C)C(CCC6(C)C5CC=C5C7CC(C)(COC8OC(CO)C(O)C(O)C8O)C(O)C(O)C7(C)CCC56C)C4(C)CO)OC(C(=O)O)C(O)C3O)OC(CO)C(O)C2O)C(O)C(O)C1O. The fourth-order valence-corrected chi connectivity index (χ4v) is 16.6. The van der Waals surface area contributed by atoms with Crippen LogP contribution in [0.25, 0.3) is 0 Å². The Labute approximate surface area is 458 Å². The summed E-state index contributed by atoms with van der Waals surface area (Å²) in [4.78, 5) is 12.6. The van der Waals surface area contributed by atoms with Gasteiger partial charge >= 0.3 is 5.97 Å². The zero-order chi connectivity index (χ0) is 58.0. The highest BCUT2D eigenvalue weighted by molar-refractivity contribution is 5.73. The number of allylic oxidation sites excluding steroid dienone is 2. The Morgan fingerprint density at radius 1 is 0.582 bits per heavy atom. The summed E-state index contributed by atoms with van der Waals surface area (Å²) >= 11 is 0. The van der Waals surface area contributed by atoms with Gasteiger partial charge in [-0.05, 0) is 92.3 Å². The van der Waals surface area contributed by atoms with Crippen LogP contribution in [-0.2, 0) is 42.7 Å². The second-order valence-corrected chi connectivity index (χ2v) is 26.3. The van der Waals surface area contributed by atoms with E-state index in [2.05, 4.69) is 26.8 Å². The van der Waals surface area contributed by atoms with Crippen LogP contribution in [0.1, 0.15) is 99.8 Å². The van der Waals surface area contributed by atoms with Crippen LogP contribution in [0, 0.1) is 50.2 Å². The van der Waals surface area contributed by atoms with Crippen LogP contribution in [0.3, 0.4) is 0 Å². The number of aliphatic hydroxyl groups excluding tert-OH is 15.